The van der Waals surface area contributed by atoms with Gasteiger partial charge in [-0.15, -0.1) is 0 Å². The van der Waals surface area contributed by atoms with E-state index in [0.29, 0.717) is 23.9 Å². The lowest BCUT2D eigenvalue weighted by molar-refractivity contribution is 0.342. The van der Waals surface area contributed by atoms with Crippen LogP contribution < -0.4 is 10.5 Å². The topological polar surface area (TPSA) is 104 Å². The third-order valence-corrected chi connectivity index (χ3v) is 5.43. The molecule has 2 rings (SSSR count). The summed E-state index contributed by atoms with van der Waals surface area (Å²) in [7, 11) is -3.54. The van der Waals surface area contributed by atoms with Crippen LogP contribution in [0.1, 0.15) is 24.7 Å². The Labute approximate surface area is 120 Å². The van der Waals surface area contributed by atoms with E-state index in [9.17, 15) is 8.42 Å². The summed E-state index contributed by atoms with van der Waals surface area (Å²) in [5.74, 6) is 0.373. The molecular weight excluding hydrogens is 278 g/mol. The Bertz CT molecular complexity index is 554. The molecule has 1 aromatic heterocycles. The molecule has 7 nitrogen and oxygen atoms in total. The number of nitrogens with two attached hydrogens (primary N) is 1. The van der Waals surface area contributed by atoms with Gasteiger partial charge in [0.15, 0.2) is 0 Å². The lowest BCUT2D eigenvalue weighted by Gasteiger charge is -2.14. The van der Waals surface area contributed by atoms with E-state index in [-0.39, 0.29) is 11.4 Å². The molecule has 1 aliphatic rings. The van der Waals surface area contributed by atoms with Crippen LogP contribution in [-0.4, -0.2) is 49.7 Å². The smallest absolute Gasteiger partial charge is 0.244 e. The van der Waals surface area contributed by atoms with Crippen LogP contribution in [0.15, 0.2) is 4.90 Å². The second-order valence-corrected chi connectivity index (χ2v) is 6.93. The zero-order chi connectivity index (χ0) is 14.8. The van der Waals surface area contributed by atoms with Gasteiger partial charge in [0.2, 0.25) is 10.0 Å². The van der Waals surface area contributed by atoms with Crippen molar-refractivity contribution < 1.29 is 8.42 Å². The van der Waals surface area contributed by atoms with Crippen LogP contribution in [-0.2, 0) is 16.6 Å². The number of rotatable bonds is 6. The van der Waals surface area contributed by atoms with Gasteiger partial charge in [0.05, 0.1) is 11.4 Å². The minimum absolute atomic E-state index is 0.105. The first-order valence-corrected chi connectivity index (χ1v) is 8.42. The summed E-state index contributed by atoms with van der Waals surface area (Å²) in [5, 5.41) is 6.61. The van der Waals surface area contributed by atoms with E-state index < -0.39 is 10.0 Å². The normalized spacial score (nSPS) is 20.6. The fourth-order valence-electron chi connectivity index (χ4n) is 2.63. The van der Waals surface area contributed by atoms with E-state index in [1.54, 1.807) is 6.92 Å². The molecule has 0 aliphatic carbocycles. The van der Waals surface area contributed by atoms with Crippen molar-refractivity contribution in [1.29, 1.82) is 0 Å². The molecule has 4 N–H and O–H groups in total. The highest BCUT2D eigenvalue weighted by molar-refractivity contribution is 7.89. The first-order valence-electron chi connectivity index (χ1n) is 6.93. The maximum absolute atomic E-state index is 12.4. The summed E-state index contributed by atoms with van der Waals surface area (Å²) in [6.07, 6.45) is 1.03. The molecule has 1 fully saturated rings. The number of hydrogen-bond donors (Lipinski definition) is 3. The highest BCUT2D eigenvalue weighted by Gasteiger charge is 2.26. The summed E-state index contributed by atoms with van der Waals surface area (Å²) < 4.78 is 27.4. The van der Waals surface area contributed by atoms with Gasteiger partial charge in [0.25, 0.3) is 0 Å². The Morgan fingerprint density at radius 3 is 2.90 bits per heavy atom. The van der Waals surface area contributed by atoms with Gasteiger partial charge in [-0.3, -0.25) is 5.10 Å². The molecule has 1 unspecified atom stereocenters. The third kappa shape index (κ3) is 3.20. The average molecular weight is 301 g/mol. The van der Waals surface area contributed by atoms with E-state index in [0.717, 1.165) is 26.1 Å². The Morgan fingerprint density at radius 1 is 1.55 bits per heavy atom. The maximum atomic E-state index is 12.4. The van der Waals surface area contributed by atoms with Gasteiger partial charge in [-0.2, -0.15) is 5.10 Å². The standard InChI is InChI=1S/C12H23N5O2S/c1-3-17-5-4-10(8-17)7-14-20(18,19)12-9(2)15-16-11(12)6-13/h10,14H,3-8,13H2,1-2H3,(H,15,16). The van der Waals surface area contributed by atoms with E-state index in [1.165, 1.54) is 0 Å². The predicted octanol–water partition coefficient (Wildman–Crippen LogP) is -0.203. The van der Waals surface area contributed by atoms with Crippen LogP contribution in [0, 0.1) is 12.8 Å². The average Bonchev–Trinajstić information content (AvgIpc) is 3.02. The number of H-pyrrole nitrogens is 1. The number of nitrogens with one attached hydrogen (secondary N) is 2. The van der Waals surface area contributed by atoms with Crippen LogP contribution in [0.5, 0.6) is 0 Å². The molecule has 1 aromatic rings. The van der Waals surface area contributed by atoms with Crippen molar-refractivity contribution in [3.8, 4) is 0 Å². The second-order valence-electron chi connectivity index (χ2n) is 5.23. The molecule has 0 bridgehead atoms. The van der Waals surface area contributed by atoms with Crippen molar-refractivity contribution in [2.45, 2.75) is 31.7 Å². The molecule has 0 aromatic carbocycles. The van der Waals surface area contributed by atoms with Crippen LogP contribution in [0.2, 0.25) is 0 Å². The van der Waals surface area contributed by atoms with Crippen molar-refractivity contribution in [1.82, 2.24) is 19.8 Å². The Balaban J connectivity index is 2.03. The number of aryl methyl sites for hydroxylation is 1. The zero-order valence-electron chi connectivity index (χ0n) is 12.0. The fraction of sp³-hybridized carbons (Fsp3) is 0.750. The zero-order valence-corrected chi connectivity index (χ0v) is 12.8. The largest absolute Gasteiger partial charge is 0.325 e. The highest BCUT2D eigenvalue weighted by atomic mass is 32.2. The first-order chi connectivity index (χ1) is 9.47. The third-order valence-electron chi connectivity index (χ3n) is 3.80. The molecule has 1 saturated heterocycles. The summed E-state index contributed by atoms with van der Waals surface area (Å²) in [5.41, 5.74) is 6.45. The number of sulfonamides is 1. The van der Waals surface area contributed by atoms with Gasteiger partial charge in [-0.1, -0.05) is 6.92 Å². The Kier molecular flexibility index (Phi) is 4.79. The molecule has 114 valence electrons. The molecule has 8 heteroatoms. The van der Waals surface area contributed by atoms with Crippen molar-refractivity contribution >= 4 is 10.0 Å². The monoisotopic (exact) mass is 301 g/mol. The lowest BCUT2D eigenvalue weighted by atomic mass is 10.1. The number of nitrogens with zero attached hydrogens (tertiary/aromatic N) is 2. The summed E-state index contributed by atoms with van der Waals surface area (Å²) in [6, 6.07) is 0. The Morgan fingerprint density at radius 2 is 2.30 bits per heavy atom. The molecule has 2 heterocycles. The lowest BCUT2D eigenvalue weighted by Crippen LogP contribution is -2.32. The van der Waals surface area contributed by atoms with Gasteiger partial charge in [0, 0.05) is 19.6 Å². The molecule has 20 heavy (non-hydrogen) atoms. The molecular formula is C12H23N5O2S. The van der Waals surface area contributed by atoms with Gasteiger partial charge < -0.3 is 10.6 Å². The van der Waals surface area contributed by atoms with E-state index >= 15 is 0 Å². The Hall–Kier alpha value is -0.960. The maximum Gasteiger partial charge on any atom is 0.244 e. The summed E-state index contributed by atoms with van der Waals surface area (Å²) in [4.78, 5) is 2.53. The molecule has 1 atom stereocenters. The molecule has 0 amide bonds. The van der Waals surface area contributed by atoms with Crippen molar-refractivity contribution in [3.05, 3.63) is 11.4 Å². The number of likely N-dealkylation sites (tertiary alicyclic amines) is 1. The minimum atomic E-state index is -3.54. The molecule has 0 saturated carbocycles. The molecule has 1 aliphatic heterocycles. The highest BCUT2D eigenvalue weighted by Crippen LogP contribution is 2.19. The van der Waals surface area contributed by atoms with Crippen molar-refractivity contribution in [2.75, 3.05) is 26.2 Å². The molecule has 0 spiro atoms. The van der Waals surface area contributed by atoms with Crippen molar-refractivity contribution in [3.63, 3.8) is 0 Å². The van der Waals surface area contributed by atoms with E-state index in [2.05, 4.69) is 26.7 Å². The first kappa shape index (κ1) is 15.4. The van der Waals surface area contributed by atoms with Crippen LogP contribution in [0.4, 0.5) is 0 Å². The minimum Gasteiger partial charge on any atom is -0.325 e. The second kappa shape index (κ2) is 6.21. The van der Waals surface area contributed by atoms with Gasteiger partial charge in [-0.25, -0.2) is 13.1 Å². The van der Waals surface area contributed by atoms with Crippen LogP contribution >= 0.6 is 0 Å². The summed E-state index contributed by atoms with van der Waals surface area (Å²) >= 11 is 0. The fourth-order valence-corrected chi connectivity index (χ4v) is 4.12. The van der Waals surface area contributed by atoms with Gasteiger partial charge >= 0.3 is 0 Å². The van der Waals surface area contributed by atoms with E-state index in [1.807, 2.05) is 0 Å². The van der Waals surface area contributed by atoms with Crippen molar-refractivity contribution in [2.24, 2.45) is 11.7 Å². The number of aromatic nitrogens is 2. The van der Waals surface area contributed by atoms with Gasteiger partial charge in [-0.05, 0) is 32.4 Å². The van der Waals surface area contributed by atoms with Crippen LogP contribution in [0.25, 0.3) is 0 Å². The SMILES string of the molecule is CCN1CCC(CNS(=O)(=O)c2c(CN)n[nH]c2C)C1. The van der Waals surface area contributed by atoms with Gasteiger partial charge in [0.1, 0.15) is 4.90 Å². The predicted molar refractivity (Wildman–Crippen MR) is 76.6 cm³/mol. The number of aromatic amines is 1. The number of hydrogen-bond acceptors (Lipinski definition) is 5. The van der Waals surface area contributed by atoms with Crippen LogP contribution in [0.3, 0.4) is 0 Å². The molecule has 0 radical (unpaired) electrons. The quantitative estimate of drug-likeness (QED) is 0.675. The van der Waals surface area contributed by atoms with E-state index in [4.69, 9.17) is 5.73 Å². The summed E-state index contributed by atoms with van der Waals surface area (Å²) in [6.45, 7) is 7.39.